The van der Waals surface area contributed by atoms with Gasteiger partial charge in [-0.05, 0) is 51.6 Å². The zero-order chi connectivity index (χ0) is 13.1. The summed E-state index contributed by atoms with van der Waals surface area (Å²) >= 11 is 0. The molecule has 5 nitrogen and oxygen atoms in total. The monoisotopic (exact) mass is 265 g/mol. The van der Waals surface area contributed by atoms with Gasteiger partial charge in [0.05, 0.1) is 6.54 Å². The first-order valence-corrected chi connectivity index (χ1v) is 7.47. The minimum Gasteiger partial charge on any atom is -0.424 e. The fraction of sp³-hybridized carbons (Fsp3) is 0.857. The molecule has 2 heterocycles. The molecule has 0 aromatic carbocycles. The highest BCUT2D eigenvalue weighted by Gasteiger charge is 2.29. The normalized spacial score (nSPS) is 21.9. The first kappa shape index (κ1) is 13.1. The van der Waals surface area contributed by atoms with Crippen molar-refractivity contribution in [1.29, 1.82) is 0 Å². The van der Waals surface area contributed by atoms with Crippen LogP contribution in [0.25, 0.3) is 0 Å². The number of hydrogen-bond donors (Lipinski definition) is 0. The van der Waals surface area contributed by atoms with Gasteiger partial charge in [0.15, 0.2) is 0 Å². The van der Waals surface area contributed by atoms with E-state index >= 15 is 0 Å². The predicted octanol–water partition coefficient (Wildman–Crippen LogP) is 2.20. The zero-order valence-electron chi connectivity index (χ0n) is 11.7. The topological polar surface area (TPSA) is 51.4 Å². The van der Waals surface area contributed by atoms with E-state index < -0.39 is 0 Å². The molecule has 0 unspecified atom stereocenters. The third-order valence-electron chi connectivity index (χ3n) is 4.03. The molecule has 2 fully saturated rings. The van der Waals surface area contributed by atoms with Gasteiger partial charge in [0.1, 0.15) is 0 Å². The van der Waals surface area contributed by atoms with Crippen molar-refractivity contribution in [3.63, 3.8) is 0 Å². The number of aromatic nitrogens is 2. The fourth-order valence-corrected chi connectivity index (χ4v) is 2.61. The van der Waals surface area contributed by atoms with Crippen molar-refractivity contribution < 1.29 is 9.15 Å². The summed E-state index contributed by atoms with van der Waals surface area (Å²) in [6, 6.07) is 0. The van der Waals surface area contributed by atoms with Gasteiger partial charge in [-0.15, -0.1) is 10.2 Å². The van der Waals surface area contributed by atoms with Crippen molar-refractivity contribution in [2.75, 3.05) is 26.3 Å². The van der Waals surface area contributed by atoms with E-state index in [2.05, 4.69) is 22.0 Å². The van der Waals surface area contributed by atoms with Crippen LogP contribution in [0.4, 0.5) is 0 Å². The first-order chi connectivity index (χ1) is 9.35. The van der Waals surface area contributed by atoms with Crippen molar-refractivity contribution >= 4 is 0 Å². The summed E-state index contributed by atoms with van der Waals surface area (Å²) in [5, 5.41) is 8.29. The van der Waals surface area contributed by atoms with Crippen LogP contribution in [0.5, 0.6) is 0 Å². The Labute approximate surface area is 114 Å². The lowest BCUT2D eigenvalue weighted by molar-refractivity contribution is 0.0699. The molecule has 1 aromatic heterocycles. The van der Waals surface area contributed by atoms with Crippen LogP contribution in [0.15, 0.2) is 4.42 Å². The Balaban J connectivity index is 1.43. The van der Waals surface area contributed by atoms with Crippen LogP contribution in [0, 0.1) is 5.92 Å². The Bertz CT molecular complexity index is 395. The second-order valence-corrected chi connectivity index (χ2v) is 5.69. The Kier molecular flexibility index (Phi) is 4.13. The summed E-state index contributed by atoms with van der Waals surface area (Å²) in [5.41, 5.74) is 0. The van der Waals surface area contributed by atoms with Gasteiger partial charge in [-0.3, -0.25) is 4.90 Å². The standard InChI is InChI=1S/C14H23N3O2/c1-2-18-10-11-5-7-17(8-6-11)9-13-15-16-14(19-13)12-3-4-12/h11-12H,2-10H2,1H3. The van der Waals surface area contributed by atoms with Gasteiger partial charge in [0.25, 0.3) is 0 Å². The predicted molar refractivity (Wildman–Crippen MR) is 70.8 cm³/mol. The number of rotatable bonds is 6. The van der Waals surface area contributed by atoms with E-state index in [0.717, 1.165) is 50.5 Å². The third kappa shape index (κ3) is 3.54. The zero-order valence-corrected chi connectivity index (χ0v) is 11.7. The van der Waals surface area contributed by atoms with Crippen LogP contribution in [-0.2, 0) is 11.3 Å². The molecule has 0 radical (unpaired) electrons. The smallest absolute Gasteiger partial charge is 0.230 e. The number of hydrogen-bond acceptors (Lipinski definition) is 5. The van der Waals surface area contributed by atoms with E-state index in [1.165, 1.54) is 25.7 Å². The van der Waals surface area contributed by atoms with E-state index in [4.69, 9.17) is 9.15 Å². The molecule has 0 spiro atoms. The van der Waals surface area contributed by atoms with Crippen LogP contribution in [-0.4, -0.2) is 41.4 Å². The van der Waals surface area contributed by atoms with E-state index in [0.29, 0.717) is 5.92 Å². The Hall–Kier alpha value is -0.940. The van der Waals surface area contributed by atoms with Gasteiger partial charge in [-0.1, -0.05) is 0 Å². The third-order valence-corrected chi connectivity index (χ3v) is 4.03. The van der Waals surface area contributed by atoms with E-state index in [-0.39, 0.29) is 0 Å². The van der Waals surface area contributed by atoms with Gasteiger partial charge in [0, 0.05) is 19.1 Å². The molecule has 1 saturated carbocycles. The SMILES string of the molecule is CCOCC1CCN(Cc2nnc(C3CC3)o2)CC1. The highest BCUT2D eigenvalue weighted by atomic mass is 16.5. The number of likely N-dealkylation sites (tertiary alicyclic amines) is 1. The lowest BCUT2D eigenvalue weighted by Gasteiger charge is -2.30. The minimum absolute atomic E-state index is 0.554. The van der Waals surface area contributed by atoms with Crippen LogP contribution in [0.1, 0.15) is 50.3 Å². The lowest BCUT2D eigenvalue weighted by atomic mass is 9.98. The number of nitrogens with zero attached hydrogens (tertiary/aromatic N) is 3. The number of piperidine rings is 1. The highest BCUT2D eigenvalue weighted by molar-refractivity contribution is 5.00. The largest absolute Gasteiger partial charge is 0.424 e. The molecule has 1 aliphatic heterocycles. The highest BCUT2D eigenvalue weighted by Crippen LogP contribution is 2.39. The summed E-state index contributed by atoms with van der Waals surface area (Å²) in [4.78, 5) is 2.41. The van der Waals surface area contributed by atoms with E-state index in [9.17, 15) is 0 Å². The summed E-state index contributed by atoms with van der Waals surface area (Å²) < 4.78 is 11.2. The molecular formula is C14H23N3O2. The van der Waals surface area contributed by atoms with Crippen LogP contribution in [0.3, 0.4) is 0 Å². The van der Waals surface area contributed by atoms with Gasteiger partial charge in [-0.25, -0.2) is 0 Å². The Morgan fingerprint density at radius 2 is 2.00 bits per heavy atom. The lowest BCUT2D eigenvalue weighted by Crippen LogP contribution is -2.34. The maximum absolute atomic E-state index is 5.71. The maximum atomic E-state index is 5.71. The van der Waals surface area contributed by atoms with E-state index in [1.807, 2.05) is 0 Å². The van der Waals surface area contributed by atoms with Crippen molar-refractivity contribution in [1.82, 2.24) is 15.1 Å². The second kappa shape index (κ2) is 6.01. The Morgan fingerprint density at radius 3 is 2.68 bits per heavy atom. The maximum Gasteiger partial charge on any atom is 0.230 e. The van der Waals surface area contributed by atoms with Crippen molar-refractivity contribution in [2.24, 2.45) is 5.92 Å². The molecule has 1 aliphatic carbocycles. The van der Waals surface area contributed by atoms with Gasteiger partial charge >= 0.3 is 0 Å². The molecule has 0 bridgehead atoms. The molecule has 5 heteroatoms. The van der Waals surface area contributed by atoms with Crippen LogP contribution < -0.4 is 0 Å². The number of ether oxygens (including phenoxy) is 1. The average molecular weight is 265 g/mol. The van der Waals surface area contributed by atoms with Gasteiger partial charge in [-0.2, -0.15) is 0 Å². The molecule has 106 valence electrons. The van der Waals surface area contributed by atoms with E-state index in [1.54, 1.807) is 0 Å². The quantitative estimate of drug-likeness (QED) is 0.789. The minimum atomic E-state index is 0.554. The van der Waals surface area contributed by atoms with Crippen molar-refractivity contribution in [2.45, 2.75) is 45.1 Å². The fourth-order valence-electron chi connectivity index (χ4n) is 2.61. The summed E-state index contributed by atoms with van der Waals surface area (Å²) in [6.45, 7) is 6.82. The molecular weight excluding hydrogens is 242 g/mol. The molecule has 0 N–H and O–H groups in total. The van der Waals surface area contributed by atoms with Crippen LogP contribution >= 0.6 is 0 Å². The molecule has 1 aromatic rings. The van der Waals surface area contributed by atoms with Gasteiger partial charge < -0.3 is 9.15 Å². The van der Waals surface area contributed by atoms with Crippen molar-refractivity contribution in [3.05, 3.63) is 11.8 Å². The first-order valence-electron chi connectivity index (χ1n) is 7.47. The molecule has 19 heavy (non-hydrogen) atoms. The Morgan fingerprint density at radius 1 is 1.21 bits per heavy atom. The molecule has 2 aliphatic rings. The molecule has 1 saturated heterocycles. The molecule has 0 atom stereocenters. The summed E-state index contributed by atoms with van der Waals surface area (Å²) in [6.07, 6.45) is 4.85. The molecule has 0 amide bonds. The molecule has 3 rings (SSSR count). The average Bonchev–Trinajstić information content (AvgIpc) is 3.19. The van der Waals surface area contributed by atoms with Gasteiger partial charge in [0.2, 0.25) is 11.8 Å². The van der Waals surface area contributed by atoms with Crippen molar-refractivity contribution in [3.8, 4) is 0 Å². The van der Waals surface area contributed by atoms with Crippen LogP contribution in [0.2, 0.25) is 0 Å². The summed E-state index contributed by atoms with van der Waals surface area (Å²) in [5.74, 6) is 2.91. The second-order valence-electron chi connectivity index (χ2n) is 5.69. The summed E-state index contributed by atoms with van der Waals surface area (Å²) in [7, 11) is 0.